The maximum atomic E-state index is 11.7. The van der Waals surface area contributed by atoms with E-state index in [4.69, 9.17) is 11.6 Å². The van der Waals surface area contributed by atoms with Crippen molar-refractivity contribution in [2.24, 2.45) is 5.92 Å². The van der Waals surface area contributed by atoms with Gasteiger partial charge in [0, 0.05) is 13.1 Å². The molecule has 0 spiro atoms. The van der Waals surface area contributed by atoms with Gasteiger partial charge in [-0.15, -0.1) is 11.6 Å². The molecule has 2 nitrogen and oxygen atoms in total. The highest BCUT2D eigenvalue weighted by Crippen LogP contribution is 2.09. The Morgan fingerprint density at radius 1 is 1.29 bits per heavy atom. The van der Waals surface area contributed by atoms with Crippen molar-refractivity contribution in [1.29, 1.82) is 0 Å². The minimum Gasteiger partial charge on any atom is -0.337 e. The van der Waals surface area contributed by atoms with E-state index in [-0.39, 0.29) is 11.8 Å². The van der Waals surface area contributed by atoms with Crippen LogP contribution in [-0.2, 0) is 11.3 Å². The fourth-order valence-electron chi connectivity index (χ4n) is 1.69. The maximum absolute atomic E-state index is 11.7. The van der Waals surface area contributed by atoms with Crippen LogP contribution in [0.1, 0.15) is 25.0 Å². The lowest BCUT2D eigenvalue weighted by Crippen LogP contribution is -2.34. The third-order valence-electron chi connectivity index (χ3n) is 2.55. The number of benzene rings is 1. The third-order valence-corrected chi connectivity index (χ3v) is 2.78. The molecule has 0 aliphatic carbocycles. The summed E-state index contributed by atoms with van der Waals surface area (Å²) in [7, 11) is 0. The quantitative estimate of drug-likeness (QED) is 0.738. The van der Waals surface area contributed by atoms with Crippen LogP contribution in [0.3, 0.4) is 0 Å². The minimum atomic E-state index is 0.000872. The highest BCUT2D eigenvalue weighted by Gasteiger charge is 2.14. The van der Waals surface area contributed by atoms with Crippen LogP contribution in [0.2, 0.25) is 0 Å². The molecule has 3 heteroatoms. The van der Waals surface area contributed by atoms with E-state index >= 15 is 0 Å². The van der Waals surface area contributed by atoms with Crippen LogP contribution in [0, 0.1) is 12.8 Å². The monoisotopic (exact) mass is 253 g/mol. The van der Waals surface area contributed by atoms with Crippen LogP contribution in [0.4, 0.5) is 0 Å². The Bertz CT molecular complexity index is 359. The predicted molar refractivity (Wildman–Crippen MR) is 72.2 cm³/mol. The average molecular weight is 254 g/mol. The number of hydrogen-bond donors (Lipinski definition) is 0. The second-order valence-electron chi connectivity index (χ2n) is 4.79. The summed E-state index contributed by atoms with van der Waals surface area (Å²) in [5.41, 5.74) is 2.38. The molecule has 0 bridgehead atoms. The van der Waals surface area contributed by atoms with Gasteiger partial charge >= 0.3 is 0 Å². The van der Waals surface area contributed by atoms with Gasteiger partial charge in [-0.25, -0.2) is 0 Å². The number of hydrogen-bond acceptors (Lipinski definition) is 1. The molecule has 0 heterocycles. The summed E-state index contributed by atoms with van der Waals surface area (Å²) in [6.45, 7) is 7.65. The third kappa shape index (κ3) is 4.78. The zero-order valence-electron chi connectivity index (χ0n) is 10.7. The van der Waals surface area contributed by atoms with Crippen molar-refractivity contribution < 1.29 is 4.79 Å². The molecule has 1 amide bonds. The fraction of sp³-hybridized carbons (Fsp3) is 0.500. The van der Waals surface area contributed by atoms with Crippen LogP contribution < -0.4 is 0 Å². The van der Waals surface area contributed by atoms with Crippen molar-refractivity contribution in [2.45, 2.75) is 27.3 Å². The lowest BCUT2D eigenvalue weighted by atomic mass is 10.1. The second kappa shape index (κ2) is 6.65. The molecular weight excluding hydrogens is 234 g/mol. The van der Waals surface area contributed by atoms with Crippen molar-refractivity contribution in [3.8, 4) is 0 Å². The molecule has 1 aromatic carbocycles. The Balaban J connectivity index is 2.71. The van der Waals surface area contributed by atoms with Gasteiger partial charge < -0.3 is 4.90 Å². The van der Waals surface area contributed by atoms with Crippen molar-refractivity contribution in [3.05, 3.63) is 35.4 Å². The van der Waals surface area contributed by atoms with E-state index in [9.17, 15) is 4.79 Å². The molecule has 17 heavy (non-hydrogen) atoms. The first-order chi connectivity index (χ1) is 8.02. The molecule has 94 valence electrons. The van der Waals surface area contributed by atoms with Crippen LogP contribution in [0.5, 0.6) is 0 Å². The highest BCUT2D eigenvalue weighted by molar-refractivity contribution is 6.27. The van der Waals surface area contributed by atoms with E-state index < -0.39 is 0 Å². The van der Waals surface area contributed by atoms with Gasteiger partial charge in [0.25, 0.3) is 0 Å². The van der Waals surface area contributed by atoms with Gasteiger partial charge in [-0.2, -0.15) is 0 Å². The van der Waals surface area contributed by atoms with E-state index in [1.807, 2.05) is 4.90 Å². The lowest BCUT2D eigenvalue weighted by molar-refractivity contribution is -0.129. The molecular formula is C14H20ClNO. The van der Waals surface area contributed by atoms with E-state index in [0.29, 0.717) is 12.5 Å². The molecule has 0 radical (unpaired) electrons. The number of amides is 1. The average Bonchev–Trinajstić information content (AvgIpc) is 2.29. The molecule has 0 atom stereocenters. The van der Waals surface area contributed by atoms with Gasteiger partial charge in [-0.3, -0.25) is 4.79 Å². The van der Waals surface area contributed by atoms with Gasteiger partial charge in [0.05, 0.1) is 0 Å². The largest absolute Gasteiger partial charge is 0.337 e. The zero-order chi connectivity index (χ0) is 12.8. The Labute approximate surface area is 109 Å². The van der Waals surface area contributed by atoms with Crippen LogP contribution in [-0.4, -0.2) is 23.2 Å². The SMILES string of the molecule is Cc1ccc(CN(CC(C)C)C(=O)CCl)cc1. The van der Waals surface area contributed by atoms with Crippen LogP contribution >= 0.6 is 11.6 Å². The van der Waals surface area contributed by atoms with Gasteiger partial charge in [-0.05, 0) is 18.4 Å². The van der Waals surface area contributed by atoms with Gasteiger partial charge in [0.15, 0.2) is 0 Å². The highest BCUT2D eigenvalue weighted by atomic mass is 35.5. The fourth-order valence-corrected chi connectivity index (χ4v) is 1.86. The van der Waals surface area contributed by atoms with E-state index in [2.05, 4.69) is 45.0 Å². The minimum absolute atomic E-state index is 0.000872. The standard InChI is InChI=1S/C14H20ClNO/c1-11(2)9-16(14(17)8-15)10-13-6-4-12(3)5-7-13/h4-7,11H,8-10H2,1-3H3. The van der Waals surface area contributed by atoms with E-state index in [0.717, 1.165) is 12.1 Å². The molecule has 0 fully saturated rings. The number of halogens is 1. The molecule has 0 aliphatic rings. The molecule has 0 aromatic heterocycles. The van der Waals surface area contributed by atoms with Crippen LogP contribution in [0.25, 0.3) is 0 Å². The number of carbonyl (C=O) groups is 1. The molecule has 1 rings (SSSR count). The summed E-state index contributed by atoms with van der Waals surface area (Å²) in [6, 6.07) is 8.25. The molecule has 0 aliphatic heterocycles. The van der Waals surface area contributed by atoms with Crippen molar-refractivity contribution in [2.75, 3.05) is 12.4 Å². The number of alkyl halides is 1. The summed E-state index contributed by atoms with van der Waals surface area (Å²) in [5, 5.41) is 0. The van der Waals surface area contributed by atoms with Crippen molar-refractivity contribution in [3.63, 3.8) is 0 Å². The topological polar surface area (TPSA) is 20.3 Å². The Kier molecular flexibility index (Phi) is 5.49. The number of aryl methyl sites for hydroxylation is 1. The summed E-state index contributed by atoms with van der Waals surface area (Å²) in [4.78, 5) is 13.5. The predicted octanol–water partition coefficient (Wildman–Crippen LogP) is 3.22. The Morgan fingerprint density at radius 2 is 1.88 bits per heavy atom. The van der Waals surface area contributed by atoms with E-state index in [1.165, 1.54) is 5.56 Å². The first-order valence-electron chi connectivity index (χ1n) is 5.92. The summed E-state index contributed by atoms with van der Waals surface area (Å²) < 4.78 is 0. The van der Waals surface area contributed by atoms with Gasteiger partial charge in [-0.1, -0.05) is 43.7 Å². The molecule has 0 N–H and O–H groups in total. The van der Waals surface area contributed by atoms with Crippen LogP contribution in [0.15, 0.2) is 24.3 Å². The summed E-state index contributed by atoms with van der Waals surface area (Å²) >= 11 is 5.63. The molecule has 0 saturated carbocycles. The van der Waals surface area contributed by atoms with Crippen molar-refractivity contribution in [1.82, 2.24) is 4.90 Å². The molecule has 0 unspecified atom stereocenters. The Morgan fingerprint density at radius 3 is 2.35 bits per heavy atom. The number of rotatable bonds is 5. The van der Waals surface area contributed by atoms with Gasteiger partial charge in [0.1, 0.15) is 5.88 Å². The smallest absolute Gasteiger partial charge is 0.237 e. The second-order valence-corrected chi connectivity index (χ2v) is 5.05. The van der Waals surface area contributed by atoms with E-state index in [1.54, 1.807) is 0 Å². The summed E-state index contributed by atoms with van der Waals surface area (Å²) in [6.07, 6.45) is 0. The van der Waals surface area contributed by atoms with Gasteiger partial charge in [0.2, 0.25) is 5.91 Å². The zero-order valence-corrected chi connectivity index (χ0v) is 11.5. The maximum Gasteiger partial charge on any atom is 0.237 e. The van der Waals surface area contributed by atoms with Crippen molar-refractivity contribution >= 4 is 17.5 Å². The normalized spacial score (nSPS) is 10.6. The molecule has 0 saturated heterocycles. The summed E-state index contributed by atoms with van der Waals surface area (Å²) in [5.74, 6) is 0.507. The number of carbonyl (C=O) groups excluding carboxylic acids is 1. The number of nitrogens with zero attached hydrogens (tertiary/aromatic N) is 1. The molecule has 1 aromatic rings. The first kappa shape index (κ1) is 14.0. The Hall–Kier alpha value is -1.02. The lowest BCUT2D eigenvalue weighted by Gasteiger charge is -2.24. The first-order valence-corrected chi connectivity index (χ1v) is 6.45.